The zero-order valence-corrected chi connectivity index (χ0v) is 18.4. The topological polar surface area (TPSA) is 55.8 Å². The van der Waals surface area contributed by atoms with E-state index in [2.05, 4.69) is 38.6 Å². The number of hydrogen-bond acceptors (Lipinski definition) is 4. The van der Waals surface area contributed by atoms with E-state index in [1.54, 1.807) is 6.92 Å². The van der Waals surface area contributed by atoms with Gasteiger partial charge in [-0.2, -0.15) is 12.6 Å². The second-order valence-electron chi connectivity index (χ2n) is 8.82. The van der Waals surface area contributed by atoms with Crippen molar-refractivity contribution in [1.82, 2.24) is 0 Å². The Morgan fingerprint density at radius 3 is 2.82 bits per heavy atom. The predicted molar refractivity (Wildman–Crippen MR) is 116 cm³/mol. The molecular weight excluding hydrogens is 372 g/mol. The van der Waals surface area contributed by atoms with Crippen molar-refractivity contribution in [2.45, 2.75) is 78.1 Å². The van der Waals surface area contributed by atoms with E-state index in [1.165, 1.54) is 0 Å². The summed E-state index contributed by atoms with van der Waals surface area (Å²) in [5.41, 5.74) is 2.38. The maximum Gasteiger partial charge on any atom is 0.306 e. The second kappa shape index (κ2) is 11.2. The first-order valence-electron chi connectivity index (χ1n) is 10.5. The number of aliphatic carboxylic acids is 1. The van der Waals surface area contributed by atoms with Gasteiger partial charge in [0.2, 0.25) is 0 Å². The second-order valence-corrected chi connectivity index (χ2v) is 9.14. The summed E-state index contributed by atoms with van der Waals surface area (Å²) in [4.78, 5) is 11.2. The monoisotopic (exact) mass is 408 g/mol. The molecule has 4 nitrogen and oxygen atoms in total. The van der Waals surface area contributed by atoms with Crippen LogP contribution in [0.2, 0.25) is 0 Å². The van der Waals surface area contributed by atoms with Crippen LogP contribution in [0.1, 0.15) is 76.5 Å². The summed E-state index contributed by atoms with van der Waals surface area (Å²) < 4.78 is 12.2. The van der Waals surface area contributed by atoms with Gasteiger partial charge in [-0.15, -0.1) is 0 Å². The van der Waals surface area contributed by atoms with Gasteiger partial charge in [0.25, 0.3) is 0 Å². The quantitative estimate of drug-likeness (QED) is 0.464. The lowest BCUT2D eigenvalue weighted by atomic mass is 9.88. The molecule has 0 spiro atoms. The van der Waals surface area contributed by atoms with E-state index < -0.39 is 11.9 Å². The number of carbonyl (C=O) groups is 1. The molecule has 3 atom stereocenters. The van der Waals surface area contributed by atoms with Gasteiger partial charge in [-0.3, -0.25) is 4.79 Å². The highest BCUT2D eigenvalue weighted by Crippen LogP contribution is 2.32. The highest BCUT2D eigenvalue weighted by atomic mass is 32.1. The Morgan fingerprint density at radius 2 is 2.18 bits per heavy atom. The zero-order valence-electron chi connectivity index (χ0n) is 17.5. The first-order valence-corrected chi connectivity index (χ1v) is 11.1. The Kier molecular flexibility index (Phi) is 9.32. The summed E-state index contributed by atoms with van der Waals surface area (Å²) in [6.07, 6.45) is 6.62. The number of thiol groups is 1. The summed E-state index contributed by atoms with van der Waals surface area (Å²) >= 11 is 4.46. The van der Waals surface area contributed by atoms with E-state index in [0.29, 0.717) is 6.42 Å². The van der Waals surface area contributed by atoms with E-state index in [9.17, 15) is 9.90 Å². The predicted octanol–water partition coefficient (Wildman–Crippen LogP) is 5.66. The van der Waals surface area contributed by atoms with Gasteiger partial charge >= 0.3 is 5.97 Å². The van der Waals surface area contributed by atoms with Crippen molar-refractivity contribution in [2.75, 3.05) is 12.4 Å². The van der Waals surface area contributed by atoms with E-state index in [4.69, 9.17) is 9.47 Å². The van der Waals surface area contributed by atoms with Crippen LogP contribution < -0.4 is 0 Å². The van der Waals surface area contributed by atoms with Gasteiger partial charge in [-0.05, 0) is 67.2 Å². The molecule has 0 radical (unpaired) electrons. The minimum atomic E-state index is -0.761. The van der Waals surface area contributed by atoms with Crippen LogP contribution in [0.25, 0.3) is 0 Å². The molecule has 0 saturated carbocycles. The molecule has 158 valence electrons. The van der Waals surface area contributed by atoms with Crippen LogP contribution in [0.4, 0.5) is 0 Å². The Hall–Kier alpha value is -1.04. The van der Waals surface area contributed by atoms with Crippen molar-refractivity contribution in [3.05, 3.63) is 35.4 Å². The molecule has 1 N–H and O–H groups in total. The van der Waals surface area contributed by atoms with Crippen LogP contribution in [0, 0.1) is 11.3 Å². The minimum Gasteiger partial charge on any atom is -0.481 e. The Bertz CT molecular complexity index is 610. The minimum absolute atomic E-state index is 0.0288. The molecule has 1 aliphatic heterocycles. The summed E-state index contributed by atoms with van der Waals surface area (Å²) in [6, 6.07) is 8.21. The van der Waals surface area contributed by atoms with Gasteiger partial charge < -0.3 is 14.6 Å². The van der Waals surface area contributed by atoms with Crippen LogP contribution in [0.5, 0.6) is 0 Å². The molecule has 0 aliphatic carbocycles. The van der Waals surface area contributed by atoms with Gasteiger partial charge in [-0.1, -0.05) is 45.0 Å². The van der Waals surface area contributed by atoms with E-state index in [-0.39, 0.29) is 17.8 Å². The SMILES string of the molecule is C[C@@H](Cc1cccc(C(CCCC(C)(C)CS)OC2CCCCO2)c1)C(=O)O. The summed E-state index contributed by atoms with van der Waals surface area (Å²) in [5.74, 6) is -0.289. The molecule has 0 bridgehead atoms. The lowest BCUT2D eigenvalue weighted by Gasteiger charge is -2.29. The molecule has 5 heteroatoms. The summed E-state index contributed by atoms with van der Waals surface area (Å²) in [6.45, 7) is 7.00. The third-order valence-electron chi connectivity index (χ3n) is 5.49. The van der Waals surface area contributed by atoms with Crippen LogP contribution in [-0.4, -0.2) is 29.7 Å². The van der Waals surface area contributed by atoms with Crippen molar-refractivity contribution in [3.8, 4) is 0 Å². The molecule has 1 aromatic carbocycles. The Balaban J connectivity index is 2.09. The molecule has 0 aromatic heterocycles. The fourth-order valence-electron chi connectivity index (χ4n) is 3.52. The molecule has 1 aliphatic rings. The standard InChI is InChI=1S/C23H36O4S/c1-17(22(24)25)14-18-8-6-9-19(15-18)20(10-7-12-23(2,3)16-28)27-21-11-4-5-13-26-21/h6,8-9,15,17,20-21,28H,4-5,7,10-14,16H2,1-3H3,(H,24,25)/t17-,20?,21?/m0/s1. The molecule has 1 heterocycles. The number of hydrogen-bond donors (Lipinski definition) is 2. The Labute approximate surface area is 175 Å². The van der Waals surface area contributed by atoms with E-state index in [1.807, 2.05) is 12.1 Å². The van der Waals surface area contributed by atoms with Gasteiger partial charge in [0, 0.05) is 6.61 Å². The number of carboxylic acids is 1. The highest BCUT2D eigenvalue weighted by molar-refractivity contribution is 7.80. The summed E-state index contributed by atoms with van der Waals surface area (Å²) in [7, 11) is 0. The third-order valence-corrected chi connectivity index (χ3v) is 6.34. The number of ether oxygens (including phenoxy) is 2. The average molecular weight is 409 g/mol. The molecular formula is C23H36O4S. The molecule has 28 heavy (non-hydrogen) atoms. The van der Waals surface area contributed by atoms with Crippen molar-refractivity contribution >= 4 is 18.6 Å². The van der Waals surface area contributed by atoms with Gasteiger partial charge in [0.15, 0.2) is 6.29 Å². The number of rotatable bonds is 11. The van der Waals surface area contributed by atoms with Crippen molar-refractivity contribution in [1.29, 1.82) is 0 Å². The maximum absolute atomic E-state index is 11.2. The van der Waals surface area contributed by atoms with Crippen molar-refractivity contribution in [2.24, 2.45) is 11.3 Å². The highest BCUT2D eigenvalue weighted by Gasteiger charge is 2.23. The van der Waals surface area contributed by atoms with Crippen molar-refractivity contribution < 1.29 is 19.4 Å². The van der Waals surface area contributed by atoms with E-state index >= 15 is 0 Å². The van der Waals surface area contributed by atoms with Crippen LogP contribution >= 0.6 is 12.6 Å². The van der Waals surface area contributed by atoms with Crippen LogP contribution in [-0.2, 0) is 20.7 Å². The molecule has 1 saturated heterocycles. The first-order chi connectivity index (χ1) is 13.3. The van der Waals surface area contributed by atoms with Gasteiger partial charge in [0.05, 0.1) is 12.0 Å². The lowest BCUT2D eigenvalue weighted by Crippen LogP contribution is -2.25. The van der Waals surface area contributed by atoms with Gasteiger partial charge in [0.1, 0.15) is 0 Å². The Morgan fingerprint density at radius 1 is 1.39 bits per heavy atom. The normalized spacial score (nSPS) is 19.9. The molecule has 2 unspecified atom stereocenters. The molecule has 2 rings (SSSR count). The zero-order chi connectivity index (χ0) is 20.6. The number of benzene rings is 1. The van der Waals surface area contributed by atoms with Crippen LogP contribution in [0.3, 0.4) is 0 Å². The first kappa shape index (κ1) is 23.2. The van der Waals surface area contributed by atoms with Crippen molar-refractivity contribution in [3.63, 3.8) is 0 Å². The molecule has 1 fully saturated rings. The summed E-state index contributed by atoms with van der Waals surface area (Å²) in [5, 5.41) is 9.21. The molecule has 0 amide bonds. The number of carboxylic acid groups (broad SMARTS) is 1. The van der Waals surface area contributed by atoms with Crippen LogP contribution in [0.15, 0.2) is 24.3 Å². The fraction of sp³-hybridized carbons (Fsp3) is 0.696. The third kappa shape index (κ3) is 7.76. The maximum atomic E-state index is 11.2. The van der Waals surface area contributed by atoms with E-state index in [0.717, 1.165) is 62.0 Å². The lowest BCUT2D eigenvalue weighted by molar-refractivity contribution is -0.191. The smallest absolute Gasteiger partial charge is 0.306 e. The fourth-order valence-corrected chi connectivity index (χ4v) is 3.68. The largest absolute Gasteiger partial charge is 0.481 e. The van der Waals surface area contributed by atoms with Gasteiger partial charge in [-0.25, -0.2) is 0 Å². The molecule has 1 aromatic rings. The average Bonchev–Trinajstić information content (AvgIpc) is 2.68.